The molecule has 0 aliphatic heterocycles. The fraction of sp³-hybridized carbons (Fsp3) is 0.174. The number of aromatic nitrogens is 4. The van der Waals surface area contributed by atoms with Crippen molar-refractivity contribution in [1.29, 1.82) is 0 Å². The monoisotopic (exact) mass is 445 g/mol. The molecule has 5 aromatic rings. The number of rotatable bonds is 7. The Morgan fingerprint density at radius 3 is 2.61 bits per heavy atom. The van der Waals surface area contributed by atoms with Crippen LogP contribution in [0.4, 0.5) is 5.69 Å². The number of nitro groups is 1. The number of benzene rings is 2. The van der Waals surface area contributed by atoms with Crippen molar-refractivity contribution in [3.8, 4) is 23.1 Å². The number of nitro benzene ring substituents is 1. The van der Waals surface area contributed by atoms with Crippen LogP contribution in [-0.4, -0.2) is 32.1 Å². The zero-order valence-electron chi connectivity index (χ0n) is 17.9. The maximum Gasteiger partial charge on any atom is 0.276 e. The Labute approximate surface area is 187 Å². The number of nitrogens with one attached hydrogen (secondary N) is 1. The average molecular weight is 445 g/mol. The summed E-state index contributed by atoms with van der Waals surface area (Å²) in [6.07, 6.45) is 2.39. The summed E-state index contributed by atoms with van der Waals surface area (Å²) in [6, 6.07) is 11.6. The molecule has 5 rings (SSSR count). The first kappa shape index (κ1) is 20.6. The molecule has 10 heteroatoms. The molecule has 0 saturated heterocycles. The number of aromatic amines is 1. The largest absolute Gasteiger partial charge is 0.457 e. The van der Waals surface area contributed by atoms with Gasteiger partial charge in [-0.1, -0.05) is 12.1 Å². The number of non-ortho nitro benzene ring substituents is 1. The number of methoxy groups -OCH3 is 1. The van der Waals surface area contributed by atoms with Crippen LogP contribution >= 0.6 is 0 Å². The number of hydrogen-bond acceptors (Lipinski definition) is 8. The highest BCUT2D eigenvalue weighted by Crippen LogP contribution is 2.36. The van der Waals surface area contributed by atoms with E-state index in [4.69, 9.17) is 14.0 Å². The van der Waals surface area contributed by atoms with Crippen molar-refractivity contribution >= 4 is 27.5 Å². The van der Waals surface area contributed by atoms with Gasteiger partial charge in [-0.25, -0.2) is 4.98 Å². The van der Waals surface area contributed by atoms with Crippen LogP contribution in [-0.2, 0) is 17.8 Å². The minimum absolute atomic E-state index is 0.00548. The molecule has 1 N–H and O–H groups in total. The maximum atomic E-state index is 10.9. The molecule has 0 bridgehead atoms. The SMILES string of the molecule is CCc1noc(-c2ncc3[nH]c4ccc(Oc5ccc([N+](=O)[O-])cc5)cc4c3c2COC)n1. The van der Waals surface area contributed by atoms with Crippen LogP contribution in [0.25, 0.3) is 33.4 Å². The van der Waals surface area contributed by atoms with Crippen molar-refractivity contribution in [2.24, 2.45) is 0 Å². The highest BCUT2D eigenvalue weighted by atomic mass is 16.6. The van der Waals surface area contributed by atoms with Crippen molar-refractivity contribution in [2.75, 3.05) is 7.11 Å². The number of H-pyrrole nitrogens is 1. The summed E-state index contributed by atoms with van der Waals surface area (Å²) in [5, 5.41) is 16.7. The molecule has 0 aliphatic carbocycles. The van der Waals surface area contributed by atoms with E-state index in [-0.39, 0.29) is 5.69 Å². The Balaban J connectivity index is 1.61. The molecule has 10 nitrogen and oxygen atoms in total. The summed E-state index contributed by atoms with van der Waals surface area (Å²) in [5.41, 5.74) is 3.13. The molecular weight excluding hydrogens is 426 g/mol. The number of hydrogen-bond donors (Lipinski definition) is 1. The first-order valence-corrected chi connectivity index (χ1v) is 10.2. The van der Waals surface area contributed by atoms with Crippen LogP contribution in [0.1, 0.15) is 18.3 Å². The summed E-state index contributed by atoms with van der Waals surface area (Å²) in [4.78, 5) is 22.8. The van der Waals surface area contributed by atoms with Crippen LogP contribution in [0, 0.1) is 10.1 Å². The van der Waals surface area contributed by atoms with Gasteiger partial charge in [-0.15, -0.1) is 0 Å². The average Bonchev–Trinajstić information content (AvgIpc) is 3.44. The van der Waals surface area contributed by atoms with Gasteiger partial charge in [0, 0.05) is 47.5 Å². The van der Waals surface area contributed by atoms with E-state index in [0.717, 1.165) is 27.4 Å². The van der Waals surface area contributed by atoms with Crippen molar-refractivity contribution < 1.29 is 18.9 Å². The Kier molecular flexibility index (Phi) is 5.19. The molecule has 0 saturated carbocycles. The van der Waals surface area contributed by atoms with Gasteiger partial charge in [-0.3, -0.25) is 10.1 Å². The van der Waals surface area contributed by atoms with E-state index in [2.05, 4.69) is 20.1 Å². The molecule has 0 unspecified atom stereocenters. The van der Waals surface area contributed by atoms with Gasteiger partial charge in [-0.2, -0.15) is 4.98 Å². The zero-order valence-corrected chi connectivity index (χ0v) is 17.9. The summed E-state index contributed by atoms with van der Waals surface area (Å²) in [7, 11) is 1.62. The van der Waals surface area contributed by atoms with Crippen LogP contribution in [0.5, 0.6) is 11.5 Å². The zero-order chi connectivity index (χ0) is 22.9. The molecule has 2 aromatic carbocycles. The summed E-state index contributed by atoms with van der Waals surface area (Å²) < 4.78 is 16.9. The van der Waals surface area contributed by atoms with E-state index in [1.807, 2.05) is 25.1 Å². The maximum absolute atomic E-state index is 10.9. The first-order valence-electron chi connectivity index (χ1n) is 10.2. The summed E-state index contributed by atoms with van der Waals surface area (Å²) >= 11 is 0. The predicted molar refractivity (Wildman–Crippen MR) is 120 cm³/mol. The second-order valence-corrected chi connectivity index (χ2v) is 7.36. The molecule has 0 spiro atoms. The third-order valence-electron chi connectivity index (χ3n) is 5.27. The second kappa shape index (κ2) is 8.32. The Morgan fingerprint density at radius 1 is 1.12 bits per heavy atom. The lowest BCUT2D eigenvalue weighted by Crippen LogP contribution is -1.97. The smallest absolute Gasteiger partial charge is 0.276 e. The van der Waals surface area contributed by atoms with Gasteiger partial charge in [0.05, 0.1) is 23.2 Å². The van der Waals surface area contributed by atoms with Gasteiger partial charge in [0.1, 0.15) is 17.2 Å². The standard InChI is InChI=1S/C23H19N5O5/c1-3-20-26-23(33-27-20)22-17(12-31-2)21-16-10-15(8-9-18(16)25-19(21)11-24-22)32-14-6-4-13(5-7-14)28(29)30/h4-11,25H,3,12H2,1-2H3. The lowest BCUT2D eigenvalue weighted by molar-refractivity contribution is -0.384. The lowest BCUT2D eigenvalue weighted by atomic mass is 10.1. The van der Waals surface area contributed by atoms with E-state index in [0.29, 0.717) is 41.9 Å². The normalized spacial score (nSPS) is 11.3. The molecule has 0 amide bonds. The number of nitrogens with zero attached hydrogens (tertiary/aromatic N) is 4. The van der Waals surface area contributed by atoms with Crippen LogP contribution in [0.2, 0.25) is 0 Å². The highest BCUT2D eigenvalue weighted by Gasteiger charge is 2.20. The molecule has 0 fully saturated rings. The molecule has 166 valence electrons. The van der Waals surface area contributed by atoms with Crippen molar-refractivity contribution in [2.45, 2.75) is 20.0 Å². The van der Waals surface area contributed by atoms with Gasteiger partial charge in [0.15, 0.2) is 5.82 Å². The summed E-state index contributed by atoms with van der Waals surface area (Å²) in [5.74, 6) is 2.03. The molecule has 3 aromatic heterocycles. The van der Waals surface area contributed by atoms with Crippen LogP contribution in [0.3, 0.4) is 0 Å². The van der Waals surface area contributed by atoms with E-state index in [9.17, 15) is 10.1 Å². The Bertz CT molecular complexity index is 1470. The van der Waals surface area contributed by atoms with E-state index >= 15 is 0 Å². The van der Waals surface area contributed by atoms with Crippen LogP contribution < -0.4 is 4.74 Å². The molecule has 0 radical (unpaired) electrons. The molecule has 33 heavy (non-hydrogen) atoms. The minimum atomic E-state index is -0.447. The number of aryl methyl sites for hydroxylation is 1. The van der Waals surface area contributed by atoms with Gasteiger partial charge in [0.25, 0.3) is 11.6 Å². The third-order valence-corrected chi connectivity index (χ3v) is 5.27. The fourth-order valence-electron chi connectivity index (χ4n) is 3.74. The van der Waals surface area contributed by atoms with Crippen molar-refractivity contribution in [1.82, 2.24) is 20.1 Å². The molecular formula is C23H19N5O5. The number of pyridine rings is 1. The van der Waals surface area contributed by atoms with Gasteiger partial charge < -0.3 is 19.0 Å². The topological polar surface area (TPSA) is 129 Å². The number of ether oxygens (including phenoxy) is 2. The van der Waals surface area contributed by atoms with E-state index in [1.54, 1.807) is 25.4 Å². The van der Waals surface area contributed by atoms with Gasteiger partial charge >= 0.3 is 0 Å². The van der Waals surface area contributed by atoms with E-state index < -0.39 is 4.92 Å². The van der Waals surface area contributed by atoms with Gasteiger partial charge in [-0.05, 0) is 30.3 Å². The highest BCUT2D eigenvalue weighted by molar-refractivity contribution is 6.10. The third kappa shape index (κ3) is 3.76. The van der Waals surface area contributed by atoms with Crippen molar-refractivity contribution in [3.05, 3.63) is 70.2 Å². The Morgan fingerprint density at radius 2 is 1.91 bits per heavy atom. The summed E-state index contributed by atoms with van der Waals surface area (Å²) in [6.45, 7) is 2.25. The second-order valence-electron chi connectivity index (χ2n) is 7.36. The van der Waals surface area contributed by atoms with E-state index in [1.165, 1.54) is 12.1 Å². The van der Waals surface area contributed by atoms with Crippen molar-refractivity contribution in [3.63, 3.8) is 0 Å². The molecule has 0 atom stereocenters. The first-order chi connectivity index (χ1) is 16.1. The van der Waals surface area contributed by atoms with Crippen LogP contribution in [0.15, 0.2) is 53.2 Å². The quantitative estimate of drug-likeness (QED) is 0.268. The molecule has 0 aliphatic rings. The minimum Gasteiger partial charge on any atom is -0.457 e. The fourth-order valence-corrected chi connectivity index (χ4v) is 3.74. The number of fused-ring (bicyclic) bond motifs is 3. The van der Waals surface area contributed by atoms with Gasteiger partial charge in [0.2, 0.25) is 0 Å². The predicted octanol–water partition coefficient (Wildman–Crippen LogP) is 5.18. The Hall–Kier alpha value is -4.31. The molecule has 3 heterocycles. The lowest BCUT2D eigenvalue weighted by Gasteiger charge is -2.08.